The molecule has 2 fully saturated rings. The van der Waals surface area contributed by atoms with Gasteiger partial charge in [0.2, 0.25) is 0 Å². The predicted octanol–water partition coefficient (Wildman–Crippen LogP) is 3.45. The summed E-state index contributed by atoms with van der Waals surface area (Å²) in [6, 6.07) is 0.841. The molecule has 1 aliphatic carbocycles. The van der Waals surface area contributed by atoms with Gasteiger partial charge in [-0.15, -0.1) is 12.4 Å². The van der Waals surface area contributed by atoms with Gasteiger partial charge in [0.15, 0.2) is 0 Å². The molecule has 1 heterocycles. The molecule has 1 saturated heterocycles. The van der Waals surface area contributed by atoms with Gasteiger partial charge >= 0.3 is 0 Å². The summed E-state index contributed by atoms with van der Waals surface area (Å²) in [5.41, 5.74) is 0. The maximum atomic E-state index is 3.52. The van der Waals surface area contributed by atoms with Crippen LogP contribution in [0.4, 0.5) is 0 Å². The quantitative estimate of drug-likeness (QED) is 0.793. The molecule has 108 valence electrons. The van der Waals surface area contributed by atoms with Gasteiger partial charge in [-0.2, -0.15) is 0 Å². The minimum atomic E-state index is 0. The van der Waals surface area contributed by atoms with E-state index in [1.165, 1.54) is 77.4 Å². The number of hydrogen-bond donors (Lipinski definition) is 1. The molecule has 1 saturated carbocycles. The summed E-state index contributed by atoms with van der Waals surface area (Å²) in [5, 5.41) is 3.52. The number of nitrogens with one attached hydrogen (secondary N) is 1. The van der Waals surface area contributed by atoms with Crippen LogP contribution in [0.25, 0.3) is 0 Å². The van der Waals surface area contributed by atoms with E-state index in [0.717, 1.165) is 12.0 Å². The monoisotopic (exact) mass is 274 g/mol. The van der Waals surface area contributed by atoms with E-state index in [-0.39, 0.29) is 12.4 Å². The normalized spacial score (nSPS) is 27.3. The molecule has 0 aromatic heterocycles. The maximum Gasteiger partial charge on any atom is 0.0105 e. The minimum Gasteiger partial charge on any atom is -0.317 e. The van der Waals surface area contributed by atoms with Gasteiger partial charge in [-0.05, 0) is 58.2 Å². The van der Waals surface area contributed by atoms with Crippen LogP contribution in [-0.4, -0.2) is 37.6 Å². The Hall–Kier alpha value is 0.210. The second kappa shape index (κ2) is 9.17. The van der Waals surface area contributed by atoms with Crippen molar-refractivity contribution in [3.63, 3.8) is 0 Å². The van der Waals surface area contributed by atoms with Crippen LogP contribution in [0, 0.1) is 5.92 Å². The highest BCUT2D eigenvalue weighted by Crippen LogP contribution is 2.24. The van der Waals surface area contributed by atoms with Crippen molar-refractivity contribution in [2.45, 2.75) is 63.8 Å². The van der Waals surface area contributed by atoms with E-state index >= 15 is 0 Å². The lowest BCUT2D eigenvalue weighted by Gasteiger charge is -2.30. The molecule has 0 radical (unpaired) electrons. The summed E-state index contributed by atoms with van der Waals surface area (Å²) in [6.45, 7) is 3.80. The summed E-state index contributed by atoms with van der Waals surface area (Å²) in [6.07, 6.45) is 13.0. The van der Waals surface area contributed by atoms with Gasteiger partial charge in [0.05, 0.1) is 0 Å². The summed E-state index contributed by atoms with van der Waals surface area (Å²) in [5.74, 6) is 0.985. The van der Waals surface area contributed by atoms with Gasteiger partial charge in [0.25, 0.3) is 0 Å². The first-order valence-corrected chi connectivity index (χ1v) is 7.77. The molecule has 0 spiro atoms. The fourth-order valence-electron chi connectivity index (χ4n) is 3.54. The van der Waals surface area contributed by atoms with Crippen LogP contribution in [0.2, 0.25) is 0 Å². The Balaban J connectivity index is 0.00000162. The molecule has 2 aliphatic rings. The number of rotatable bonds is 3. The molecule has 0 amide bonds. The van der Waals surface area contributed by atoms with E-state index in [9.17, 15) is 0 Å². The molecule has 0 aromatic carbocycles. The highest BCUT2D eigenvalue weighted by Gasteiger charge is 2.20. The Morgan fingerprint density at radius 1 is 0.889 bits per heavy atom. The van der Waals surface area contributed by atoms with Gasteiger partial charge in [-0.1, -0.05) is 25.7 Å². The Morgan fingerprint density at radius 3 is 2.33 bits per heavy atom. The van der Waals surface area contributed by atoms with Gasteiger partial charge in [-0.25, -0.2) is 0 Å². The molecule has 3 heteroatoms. The summed E-state index contributed by atoms with van der Waals surface area (Å²) in [7, 11) is 2.36. The van der Waals surface area contributed by atoms with Crippen LogP contribution in [0.3, 0.4) is 0 Å². The zero-order valence-corrected chi connectivity index (χ0v) is 12.8. The Kier molecular flexibility index (Phi) is 8.28. The molecule has 0 bridgehead atoms. The van der Waals surface area contributed by atoms with Crippen LogP contribution in [0.5, 0.6) is 0 Å². The maximum absolute atomic E-state index is 3.52. The second-order valence-electron chi connectivity index (χ2n) is 6.13. The van der Waals surface area contributed by atoms with E-state index in [1.54, 1.807) is 0 Å². The van der Waals surface area contributed by atoms with Crippen molar-refractivity contribution >= 4 is 12.4 Å². The van der Waals surface area contributed by atoms with Crippen LogP contribution in [-0.2, 0) is 0 Å². The molecular formula is C15H31ClN2. The SMILES string of the molecule is CN(CC1CCCCCC1)C1CCCNCC1.Cl. The first kappa shape index (κ1) is 16.3. The Labute approximate surface area is 119 Å². The van der Waals surface area contributed by atoms with Crippen molar-refractivity contribution in [2.75, 3.05) is 26.7 Å². The molecule has 18 heavy (non-hydrogen) atoms. The van der Waals surface area contributed by atoms with Crippen molar-refractivity contribution < 1.29 is 0 Å². The summed E-state index contributed by atoms with van der Waals surface area (Å²) in [4.78, 5) is 2.67. The standard InChI is InChI=1S/C15H30N2.ClH/c1-17(15-9-6-11-16-12-10-15)13-14-7-4-2-3-5-8-14;/h14-16H,2-13H2,1H3;1H. The Bertz CT molecular complexity index is 195. The third-order valence-corrected chi connectivity index (χ3v) is 4.69. The fraction of sp³-hybridized carbons (Fsp3) is 1.00. The lowest BCUT2D eigenvalue weighted by Crippen LogP contribution is -2.36. The second-order valence-corrected chi connectivity index (χ2v) is 6.13. The van der Waals surface area contributed by atoms with E-state index < -0.39 is 0 Å². The predicted molar refractivity (Wildman–Crippen MR) is 81.6 cm³/mol. The zero-order chi connectivity index (χ0) is 11.9. The first-order chi connectivity index (χ1) is 8.36. The summed E-state index contributed by atoms with van der Waals surface area (Å²) >= 11 is 0. The van der Waals surface area contributed by atoms with Crippen molar-refractivity contribution in [2.24, 2.45) is 5.92 Å². The third kappa shape index (κ3) is 5.46. The van der Waals surface area contributed by atoms with E-state index in [0.29, 0.717) is 0 Å². The van der Waals surface area contributed by atoms with E-state index in [2.05, 4.69) is 17.3 Å². The molecular weight excluding hydrogens is 244 g/mol. The van der Waals surface area contributed by atoms with Crippen LogP contribution < -0.4 is 5.32 Å². The molecule has 0 aromatic rings. The van der Waals surface area contributed by atoms with E-state index in [1.807, 2.05) is 0 Å². The Morgan fingerprint density at radius 2 is 1.61 bits per heavy atom. The average molecular weight is 275 g/mol. The number of halogens is 1. The number of nitrogens with zero attached hydrogens (tertiary/aromatic N) is 1. The van der Waals surface area contributed by atoms with Crippen molar-refractivity contribution in [3.05, 3.63) is 0 Å². The van der Waals surface area contributed by atoms with Crippen molar-refractivity contribution in [1.82, 2.24) is 10.2 Å². The lowest BCUT2D eigenvalue weighted by atomic mass is 9.98. The fourth-order valence-corrected chi connectivity index (χ4v) is 3.54. The topological polar surface area (TPSA) is 15.3 Å². The highest BCUT2D eigenvalue weighted by atomic mass is 35.5. The van der Waals surface area contributed by atoms with E-state index in [4.69, 9.17) is 0 Å². The molecule has 1 aliphatic heterocycles. The third-order valence-electron chi connectivity index (χ3n) is 4.69. The smallest absolute Gasteiger partial charge is 0.0105 e. The van der Waals surface area contributed by atoms with Gasteiger partial charge in [0.1, 0.15) is 0 Å². The van der Waals surface area contributed by atoms with Crippen molar-refractivity contribution in [3.8, 4) is 0 Å². The molecule has 2 rings (SSSR count). The largest absolute Gasteiger partial charge is 0.317 e. The molecule has 1 unspecified atom stereocenters. The average Bonchev–Trinajstić information content (AvgIpc) is 2.72. The lowest BCUT2D eigenvalue weighted by molar-refractivity contribution is 0.184. The first-order valence-electron chi connectivity index (χ1n) is 7.77. The van der Waals surface area contributed by atoms with Crippen LogP contribution in [0.1, 0.15) is 57.8 Å². The van der Waals surface area contributed by atoms with Gasteiger partial charge in [-0.3, -0.25) is 0 Å². The van der Waals surface area contributed by atoms with Crippen LogP contribution in [0.15, 0.2) is 0 Å². The molecule has 2 nitrogen and oxygen atoms in total. The number of hydrogen-bond acceptors (Lipinski definition) is 2. The van der Waals surface area contributed by atoms with Crippen molar-refractivity contribution in [1.29, 1.82) is 0 Å². The van der Waals surface area contributed by atoms with Gasteiger partial charge in [0, 0.05) is 12.6 Å². The molecule has 1 atom stereocenters. The molecule has 1 N–H and O–H groups in total. The van der Waals surface area contributed by atoms with Crippen LogP contribution >= 0.6 is 12.4 Å². The minimum absolute atomic E-state index is 0. The van der Waals surface area contributed by atoms with Gasteiger partial charge < -0.3 is 10.2 Å². The zero-order valence-electron chi connectivity index (χ0n) is 12.0. The summed E-state index contributed by atoms with van der Waals surface area (Å²) < 4.78 is 0. The highest BCUT2D eigenvalue weighted by molar-refractivity contribution is 5.85.